The number of hydrogen-bond acceptors (Lipinski definition) is 1. The summed E-state index contributed by atoms with van der Waals surface area (Å²) < 4.78 is 0. The number of ketones is 1. The van der Waals surface area contributed by atoms with Crippen molar-refractivity contribution >= 4 is 5.78 Å². The highest BCUT2D eigenvalue weighted by Gasteiger charge is 1.62. The van der Waals surface area contributed by atoms with Gasteiger partial charge < -0.3 is 4.79 Å². The first-order chi connectivity index (χ1) is 6.56. The van der Waals surface area contributed by atoms with E-state index in [4.69, 9.17) is 0 Å². The van der Waals surface area contributed by atoms with Gasteiger partial charge in [-0.1, -0.05) is 68.2 Å². The van der Waals surface area contributed by atoms with Crippen molar-refractivity contribution in [2.24, 2.45) is 0 Å². The molecule has 0 atom stereocenters. The lowest BCUT2D eigenvalue weighted by molar-refractivity contribution is -0.114. The van der Waals surface area contributed by atoms with Crippen LogP contribution in [0.3, 0.4) is 0 Å². The van der Waals surface area contributed by atoms with Crippen molar-refractivity contribution in [2.75, 3.05) is 0 Å². The Morgan fingerprint density at radius 3 is 0.714 bits per heavy atom. The summed E-state index contributed by atoms with van der Waals surface area (Å²) in [5, 5.41) is 0. The molecule has 1 nitrogen and oxygen atoms in total. The first-order valence-electron chi connectivity index (χ1n) is 6.03. The zero-order valence-electron chi connectivity index (χ0n) is 12.3. The molecular formula is C13H34O. The predicted molar refractivity (Wildman–Crippen MR) is 71.0 cm³/mol. The third kappa shape index (κ3) is 12200. The summed E-state index contributed by atoms with van der Waals surface area (Å²) in [6, 6.07) is 0. The Kier molecular flexibility index (Phi) is 165. The fourth-order valence-corrected chi connectivity index (χ4v) is 0. The number of hydrogen-bond donors (Lipinski definition) is 0. The van der Waals surface area contributed by atoms with Crippen LogP contribution in [0.5, 0.6) is 0 Å². The lowest BCUT2D eigenvalue weighted by atomic mass is 10.6. The number of carbonyl (C=O) groups is 1. The Balaban J connectivity index is -0.0000000249. The Labute approximate surface area is 93.3 Å². The predicted octanol–water partition coefficient (Wildman–Crippen LogP) is 5.48. The summed E-state index contributed by atoms with van der Waals surface area (Å²) in [6.07, 6.45) is 2.50. The minimum absolute atomic E-state index is 0.167. The molecule has 0 aromatic rings. The van der Waals surface area contributed by atoms with E-state index in [2.05, 4.69) is 27.7 Å². The molecule has 0 fully saturated rings. The van der Waals surface area contributed by atoms with Gasteiger partial charge in [0.1, 0.15) is 5.78 Å². The molecule has 0 saturated carbocycles. The molecule has 0 spiro atoms. The van der Waals surface area contributed by atoms with Gasteiger partial charge in [0, 0.05) is 0 Å². The SMILES string of the molecule is CC.CC.CC(C)=O.CCC.CCC. The van der Waals surface area contributed by atoms with Crippen LogP contribution in [0, 0.1) is 0 Å². The van der Waals surface area contributed by atoms with E-state index in [0.29, 0.717) is 0 Å². The molecule has 0 rings (SSSR count). The standard InChI is InChI=1S/C3H6O.2C3H8.2C2H6/c1-3(2)4;2*1-3-2;2*1-2/h1-2H3;2*3H2,1-2H3;2*1-2H3. The molecule has 1 heteroatoms. The summed E-state index contributed by atoms with van der Waals surface area (Å²) >= 11 is 0. The third-order valence-electron chi connectivity index (χ3n) is 0. The van der Waals surface area contributed by atoms with Crippen molar-refractivity contribution in [3.05, 3.63) is 0 Å². The average molecular weight is 206 g/mol. The van der Waals surface area contributed by atoms with Crippen LogP contribution in [0.1, 0.15) is 82.1 Å². The van der Waals surface area contributed by atoms with Crippen LogP contribution in [-0.2, 0) is 4.79 Å². The second kappa shape index (κ2) is 79.1. The third-order valence-corrected chi connectivity index (χ3v) is 0. The number of Topliss-reactive ketones (excluding diaryl/α,β-unsaturated/α-hetero) is 1. The summed E-state index contributed by atoms with van der Waals surface area (Å²) in [5.41, 5.74) is 0. The molecule has 0 radical (unpaired) electrons. The first-order valence-corrected chi connectivity index (χ1v) is 6.03. The maximum absolute atomic E-state index is 9.44. The number of rotatable bonds is 0. The number of carbonyl (C=O) groups excluding carboxylic acids is 1. The largest absolute Gasteiger partial charge is 0.300 e. The van der Waals surface area contributed by atoms with E-state index in [1.54, 1.807) is 0 Å². The molecule has 0 N–H and O–H groups in total. The molecule has 0 unspecified atom stereocenters. The molecule has 14 heavy (non-hydrogen) atoms. The summed E-state index contributed by atoms with van der Waals surface area (Å²) in [6.45, 7) is 19.6. The lowest BCUT2D eigenvalue weighted by Gasteiger charge is -1.56. The Hall–Kier alpha value is -0.330. The van der Waals surface area contributed by atoms with Crippen LogP contribution >= 0.6 is 0 Å². The molecule has 0 aromatic heterocycles. The van der Waals surface area contributed by atoms with Gasteiger partial charge in [-0.2, -0.15) is 0 Å². The Morgan fingerprint density at radius 2 is 0.714 bits per heavy atom. The monoisotopic (exact) mass is 206 g/mol. The van der Waals surface area contributed by atoms with Gasteiger partial charge in [-0.3, -0.25) is 0 Å². The van der Waals surface area contributed by atoms with E-state index in [9.17, 15) is 4.79 Å². The van der Waals surface area contributed by atoms with Crippen molar-refractivity contribution < 1.29 is 4.79 Å². The van der Waals surface area contributed by atoms with Crippen molar-refractivity contribution in [1.29, 1.82) is 0 Å². The van der Waals surface area contributed by atoms with E-state index < -0.39 is 0 Å². The fourth-order valence-electron chi connectivity index (χ4n) is 0. The maximum atomic E-state index is 9.44. The molecule has 0 aliphatic heterocycles. The quantitative estimate of drug-likeness (QED) is 0.513. The molecule has 0 aromatic carbocycles. The van der Waals surface area contributed by atoms with Gasteiger partial charge >= 0.3 is 0 Å². The van der Waals surface area contributed by atoms with E-state index in [1.807, 2.05) is 27.7 Å². The van der Waals surface area contributed by atoms with Crippen LogP contribution < -0.4 is 0 Å². The summed E-state index contributed by atoms with van der Waals surface area (Å²) in [5.74, 6) is 0.167. The van der Waals surface area contributed by atoms with Crippen LogP contribution in [0.15, 0.2) is 0 Å². The Morgan fingerprint density at radius 1 is 0.714 bits per heavy atom. The van der Waals surface area contributed by atoms with E-state index in [1.165, 1.54) is 26.7 Å². The van der Waals surface area contributed by atoms with Gasteiger partial charge in [0.15, 0.2) is 0 Å². The highest BCUT2D eigenvalue weighted by molar-refractivity contribution is 5.72. The van der Waals surface area contributed by atoms with E-state index in [-0.39, 0.29) is 5.78 Å². The minimum Gasteiger partial charge on any atom is -0.300 e. The van der Waals surface area contributed by atoms with Crippen molar-refractivity contribution in [1.82, 2.24) is 0 Å². The van der Waals surface area contributed by atoms with E-state index in [0.717, 1.165) is 0 Å². The Bertz CT molecular complexity index is 43.2. The maximum Gasteiger partial charge on any atom is 0.126 e. The summed E-state index contributed by atoms with van der Waals surface area (Å²) in [7, 11) is 0. The van der Waals surface area contributed by atoms with Crippen LogP contribution in [0.2, 0.25) is 0 Å². The molecule has 0 heterocycles. The highest BCUT2D eigenvalue weighted by atomic mass is 16.1. The lowest BCUT2D eigenvalue weighted by Crippen LogP contribution is -1.69. The van der Waals surface area contributed by atoms with Gasteiger partial charge in [0.2, 0.25) is 0 Å². The van der Waals surface area contributed by atoms with Crippen molar-refractivity contribution in [3.8, 4) is 0 Å². The normalized spacial score (nSPS) is 5.29. The zero-order valence-corrected chi connectivity index (χ0v) is 12.3. The minimum atomic E-state index is 0.167. The van der Waals surface area contributed by atoms with Gasteiger partial charge in [-0.25, -0.2) is 0 Å². The molecular weight excluding hydrogens is 172 g/mol. The van der Waals surface area contributed by atoms with Gasteiger partial charge in [0.25, 0.3) is 0 Å². The topological polar surface area (TPSA) is 17.1 Å². The fraction of sp³-hybridized carbons (Fsp3) is 0.923. The molecule has 0 amide bonds. The molecule has 0 aliphatic rings. The second-order valence-corrected chi connectivity index (χ2v) is 2.32. The molecule has 0 bridgehead atoms. The van der Waals surface area contributed by atoms with E-state index >= 15 is 0 Å². The molecule has 0 saturated heterocycles. The van der Waals surface area contributed by atoms with Crippen LogP contribution in [0.4, 0.5) is 0 Å². The van der Waals surface area contributed by atoms with Crippen LogP contribution in [-0.4, -0.2) is 5.78 Å². The zero-order chi connectivity index (χ0) is 13.0. The van der Waals surface area contributed by atoms with Gasteiger partial charge in [-0.05, 0) is 13.8 Å². The highest BCUT2D eigenvalue weighted by Crippen LogP contribution is 1.56. The van der Waals surface area contributed by atoms with Crippen molar-refractivity contribution in [3.63, 3.8) is 0 Å². The summed E-state index contributed by atoms with van der Waals surface area (Å²) in [4.78, 5) is 9.44. The molecule has 0 aliphatic carbocycles. The smallest absolute Gasteiger partial charge is 0.126 e. The first kappa shape index (κ1) is 29.2. The van der Waals surface area contributed by atoms with Crippen LogP contribution in [0.25, 0.3) is 0 Å². The molecule has 92 valence electrons. The average Bonchev–Trinajstić information content (AvgIpc) is 2.12. The van der Waals surface area contributed by atoms with Gasteiger partial charge in [-0.15, -0.1) is 0 Å². The van der Waals surface area contributed by atoms with Gasteiger partial charge in [0.05, 0.1) is 0 Å². The second-order valence-electron chi connectivity index (χ2n) is 2.32. The van der Waals surface area contributed by atoms with Crippen molar-refractivity contribution in [2.45, 2.75) is 82.1 Å².